The van der Waals surface area contributed by atoms with Crippen molar-refractivity contribution in [2.45, 2.75) is 107 Å². The second kappa shape index (κ2) is 13.1. The van der Waals surface area contributed by atoms with Crippen LogP contribution < -0.4 is 0 Å². The molecule has 0 unspecified atom stereocenters. The maximum absolute atomic E-state index is 14.3. The highest BCUT2D eigenvalue weighted by atomic mass is 19.4. The molecule has 0 radical (unpaired) electrons. The van der Waals surface area contributed by atoms with Gasteiger partial charge in [0.25, 0.3) is 0 Å². The summed E-state index contributed by atoms with van der Waals surface area (Å²) < 4.78 is 183. The maximum atomic E-state index is 14.3. The summed E-state index contributed by atoms with van der Waals surface area (Å²) in [6, 6.07) is 0. The molecular weight excluding hydrogens is 575 g/mol. The molecule has 0 aliphatic heterocycles. The van der Waals surface area contributed by atoms with Crippen molar-refractivity contribution in [3.8, 4) is 0 Å². The van der Waals surface area contributed by atoms with Gasteiger partial charge in [0.05, 0.1) is 14.2 Å². The Bertz CT molecular complexity index is 794. The molecule has 39 heavy (non-hydrogen) atoms. The molecule has 0 spiro atoms. The van der Waals surface area contributed by atoms with E-state index in [0.29, 0.717) is 27.1 Å². The number of rotatable bonds is 17. The highest BCUT2D eigenvalue weighted by molar-refractivity contribution is 6.00. The van der Waals surface area contributed by atoms with Crippen LogP contribution in [0.2, 0.25) is 0 Å². The minimum atomic E-state index is -8.04. The van der Waals surface area contributed by atoms with Crippen LogP contribution >= 0.6 is 0 Å². The van der Waals surface area contributed by atoms with Gasteiger partial charge in [-0.2, -0.15) is 57.1 Å². The van der Waals surface area contributed by atoms with E-state index in [1.54, 1.807) is 0 Å². The van der Waals surface area contributed by atoms with E-state index in [4.69, 9.17) is 0 Å². The van der Waals surface area contributed by atoms with Crippen LogP contribution in [0.25, 0.3) is 0 Å². The monoisotopic (exact) mass is 604 g/mol. The summed E-state index contributed by atoms with van der Waals surface area (Å²) >= 11 is 0. The molecule has 0 rings (SSSR count). The first-order valence-corrected chi connectivity index (χ1v) is 11.6. The minimum Gasteiger partial charge on any atom is -0.468 e. The Kier molecular flexibility index (Phi) is 12.5. The van der Waals surface area contributed by atoms with Crippen molar-refractivity contribution in [3.63, 3.8) is 0 Å². The molecule has 0 aliphatic carbocycles. The second-order valence-corrected chi connectivity index (χ2v) is 8.94. The van der Waals surface area contributed by atoms with Gasteiger partial charge in [-0.25, -0.2) is 0 Å². The largest absolute Gasteiger partial charge is 0.468 e. The average molecular weight is 604 g/mol. The Balaban J connectivity index is 6.19. The Labute approximate surface area is 215 Å². The summed E-state index contributed by atoms with van der Waals surface area (Å²) in [5.74, 6) is -41.1. The summed E-state index contributed by atoms with van der Waals surface area (Å²) in [5, 5.41) is 0. The molecule has 0 aromatic heterocycles. The molecule has 0 heterocycles. The molecule has 0 atom stereocenters. The lowest BCUT2D eigenvalue weighted by molar-refractivity contribution is -0.440. The zero-order chi connectivity index (χ0) is 31.1. The van der Waals surface area contributed by atoms with Gasteiger partial charge < -0.3 is 9.47 Å². The molecule has 4 nitrogen and oxygen atoms in total. The molecule has 0 aromatic rings. The number of methoxy groups -OCH3 is 2. The normalized spacial score (nSPS) is 14.4. The summed E-state index contributed by atoms with van der Waals surface area (Å²) in [4.78, 5) is 24.7. The highest BCUT2D eigenvalue weighted by Crippen LogP contribution is 2.61. The fraction of sp³-hybridized carbons (Fsp3) is 0.909. The lowest BCUT2D eigenvalue weighted by Gasteiger charge is -2.40. The van der Waals surface area contributed by atoms with E-state index < -0.39 is 72.4 Å². The van der Waals surface area contributed by atoms with E-state index in [0.717, 1.165) is 19.3 Å². The lowest BCUT2D eigenvalue weighted by Crippen LogP contribution is -2.70. The molecule has 0 saturated heterocycles. The third-order valence-corrected chi connectivity index (χ3v) is 6.22. The number of esters is 2. The Morgan fingerprint density at radius 3 is 1.28 bits per heavy atom. The van der Waals surface area contributed by atoms with E-state index in [1.807, 2.05) is 6.92 Å². The van der Waals surface area contributed by atoms with Crippen LogP contribution in [0.4, 0.5) is 57.1 Å². The highest BCUT2D eigenvalue weighted by Gasteiger charge is 2.90. The van der Waals surface area contributed by atoms with Gasteiger partial charge in [-0.15, -0.1) is 0 Å². The molecule has 0 amide bonds. The SMILES string of the molecule is CCCCCCCCCC(CCC(F)(F)C(F)(F)C(F)(F)C(F)(F)C(F)(F)C(F)(F)F)(C(=O)OC)C(=O)OC. The summed E-state index contributed by atoms with van der Waals surface area (Å²) in [7, 11) is 1.29. The van der Waals surface area contributed by atoms with E-state index in [2.05, 4.69) is 9.47 Å². The van der Waals surface area contributed by atoms with Gasteiger partial charge in [-0.05, 0) is 12.8 Å². The van der Waals surface area contributed by atoms with Gasteiger partial charge in [0.2, 0.25) is 0 Å². The van der Waals surface area contributed by atoms with Crippen LogP contribution in [0.1, 0.15) is 71.1 Å². The Hall–Kier alpha value is -1.97. The van der Waals surface area contributed by atoms with Crippen molar-refractivity contribution >= 4 is 11.9 Å². The van der Waals surface area contributed by atoms with Gasteiger partial charge >= 0.3 is 47.7 Å². The smallest absolute Gasteiger partial charge is 0.460 e. The van der Waals surface area contributed by atoms with Crippen molar-refractivity contribution in [3.05, 3.63) is 0 Å². The number of carbonyl (C=O) groups is 2. The third kappa shape index (κ3) is 7.22. The van der Waals surface area contributed by atoms with Crippen molar-refractivity contribution in [2.24, 2.45) is 5.41 Å². The number of carbonyl (C=O) groups excluding carboxylic acids is 2. The van der Waals surface area contributed by atoms with Gasteiger partial charge in [-0.1, -0.05) is 51.9 Å². The Morgan fingerprint density at radius 2 is 0.897 bits per heavy atom. The fourth-order valence-corrected chi connectivity index (χ4v) is 3.72. The van der Waals surface area contributed by atoms with Gasteiger partial charge in [0.15, 0.2) is 5.41 Å². The van der Waals surface area contributed by atoms with Gasteiger partial charge in [0.1, 0.15) is 0 Å². The number of ether oxygens (including phenoxy) is 2. The first-order valence-electron chi connectivity index (χ1n) is 11.6. The van der Waals surface area contributed by atoms with Crippen LogP contribution in [0.5, 0.6) is 0 Å². The van der Waals surface area contributed by atoms with Crippen molar-refractivity contribution < 1.29 is 76.1 Å². The zero-order valence-electron chi connectivity index (χ0n) is 21.1. The van der Waals surface area contributed by atoms with E-state index in [-0.39, 0.29) is 12.8 Å². The van der Waals surface area contributed by atoms with Gasteiger partial charge in [0, 0.05) is 6.42 Å². The molecule has 0 fully saturated rings. The predicted molar refractivity (Wildman–Crippen MR) is 109 cm³/mol. The number of hydrogen-bond acceptors (Lipinski definition) is 4. The first-order chi connectivity index (χ1) is 17.5. The second-order valence-electron chi connectivity index (χ2n) is 8.94. The van der Waals surface area contributed by atoms with E-state index in [1.165, 1.54) is 0 Å². The van der Waals surface area contributed by atoms with Crippen LogP contribution in [0, 0.1) is 5.41 Å². The van der Waals surface area contributed by atoms with E-state index in [9.17, 15) is 66.7 Å². The molecular formula is C22H29F13O4. The number of halogens is 13. The molecule has 17 heteroatoms. The number of alkyl halides is 13. The predicted octanol–water partition coefficient (Wildman–Crippen LogP) is 7.98. The topological polar surface area (TPSA) is 52.6 Å². The average Bonchev–Trinajstić information content (AvgIpc) is 2.83. The van der Waals surface area contributed by atoms with Crippen molar-refractivity contribution in [1.29, 1.82) is 0 Å². The Morgan fingerprint density at radius 1 is 0.513 bits per heavy atom. The third-order valence-electron chi connectivity index (χ3n) is 6.22. The number of hydrogen-bond donors (Lipinski definition) is 0. The summed E-state index contributed by atoms with van der Waals surface area (Å²) in [5.41, 5.74) is -2.83. The van der Waals surface area contributed by atoms with Crippen molar-refractivity contribution in [2.75, 3.05) is 14.2 Å². The van der Waals surface area contributed by atoms with Crippen LogP contribution in [-0.2, 0) is 19.1 Å². The fourth-order valence-electron chi connectivity index (χ4n) is 3.72. The van der Waals surface area contributed by atoms with Crippen LogP contribution in [-0.4, -0.2) is 61.9 Å². The molecule has 0 aromatic carbocycles. The number of unbranched alkanes of at least 4 members (excludes halogenated alkanes) is 6. The first kappa shape index (κ1) is 37.0. The van der Waals surface area contributed by atoms with E-state index >= 15 is 0 Å². The molecule has 232 valence electrons. The summed E-state index contributed by atoms with van der Waals surface area (Å²) in [6.07, 6.45) is -8.77. The van der Waals surface area contributed by atoms with Gasteiger partial charge in [-0.3, -0.25) is 9.59 Å². The lowest BCUT2D eigenvalue weighted by atomic mass is 9.76. The molecule has 0 saturated carbocycles. The maximum Gasteiger partial charge on any atom is 0.460 e. The standard InChI is InChI=1S/C22H29F13O4/c1-4-5-6-7-8-9-10-11-16(14(36)38-2,15(37)39-3)12-13-17(23,24)18(25,26)19(27,28)20(29,30)21(31,32)22(33,34)35/h4-13H2,1-3H3. The molecule has 0 aliphatic rings. The minimum absolute atomic E-state index is 0.107. The van der Waals surface area contributed by atoms with Crippen LogP contribution in [0.15, 0.2) is 0 Å². The quantitative estimate of drug-likeness (QED) is 0.0732. The molecule has 0 N–H and O–H groups in total. The van der Waals surface area contributed by atoms with Crippen LogP contribution in [0.3, 0.4) is 0 Å². The zero-order valence-corrected chi connectivity index (χ0v) is 21.1. The molecule has 0 bridgehead atoms. The summed E-state index contributed by atoms with van der Waals surface area (Å²) in [6.45, 7) is 1.93. The van der Waals surface area contributed by atoms with Crippen molar-refractivity contribution in [1.82, 2.24) is 0 Å².